The van der Waals surface area contributed by atoms with Gasteiger partial charge in [-0.2, -0.15) is 4.99 Å². The molecule has 3 aromatic rings. The maximum atomic E-state index is 13.5. The van der Waals surface area contributed by atoms with E-state index in [-0.39, 0.29) is 37.0 Å². The van der Waals surface area contributed by atoms with Gasteiger partial charge in [0, 0.05) is 18.4 Å². The summed E-state index contributed by atoms with van der Waals surface area (Å²) in [6, 6.07) is 10.4. The molecule has 3 amide bonds. The predicted octanol–water partition coefficient (Wildman–Crippen LogP) is 2.87. The van der Waals surface area contributed by atoms with Crippen LogP contribution in [0.5, 0.6) is 0 Å². The summed E-state index contributed by atoms with van der Waals surface area (Å²) in [6.45, 7) is 0.190. The molecule has 2 aromatic carbocycles. The van der Waals surface area contributed by atoms with Crippen LogP contribution in [0.15, 0.2) is 47.5 Å². The van der Waals surface area contributed by atoms with Crippen LogP contribution < -0.4 is 9.70 Å². The van der Waals surface area contributed by atoms with Crippen LogP contribution in [0.4, 0.5) is 10.1 Å². The smallest absolute Gasteiger partial charge is 0.279 e. The highest BCUT2D eigenvalue weighted by Gasteiger charge is 2.30. The predicted molar refractivity (Wildman–Crippen MR) is 107 cm³/mol. The molecular weight excluding hydrogens is 393 g/mol. The number of carbonyl (C=O) groups is 3. The summed E-state index contributed by atoms with van der Waals surface area (Å²) in [5, 5.41) is 0. The second-order valence-corrected chi connectivity index (χ2v) is 7.38. The van der Waals surface area contributed by atoms with Crippen molar-refractivity contribution in [1.29, 1.82) is 0 Å². The highest BCUT2D eigenvalue weighted by Crippen LogP contribution is 2.23. The number of amides is 3. The summed E-state index contributed by atoms with van der Waals surface area (Å²) in [7, 11) is 0. The first kappa shape index (κ1) is 18.8. The molecule has 0 radical (unpaired) electrons. The quantitative estimate of drug-likeness (QED) is 0.495. The van der Waals surface area contributed by atoms with Crippen molar-refractivity contribution in [3.05, 3.63) is 58.6 Å². The Morgan fingerprint density at radius 2 is 1.83 bits per heavy atom. The number of hydrogen-bond donors (Lipinski definition) is 0. The lowest BCUT2D eigenvalue weighted by atomic mass is 10.2. The molecule has 0 N–H and O–H groups in total. The van der Waals surface area contributed by atoms with Crippen LogP contribution in [-0.4, -0.2) is 22.3 Å². The van der Waals surface area contributed by atoms with Gasteiger partial charge in [-0.05, 0) is 42.5 Å². The number of thiazole rings is 1. The third-order valence-corrected chi connectivity index (χ3v) is 5.56. The van der Waals surface area contributed by atoms with Crippen molar-refractivity contribution < 1.29 is 18.8 Å². The number of anilines is 1. The molecule has 0 spiro atoms. The molecule has 0 saturated carbocycles. The topological polar surface area (TPSA) is 71.7 Å². The Balaban J connectivity index is 1.69. The molecule has 8 heteroatoms. The monoisotopic (exact) mass is 407 g/mol. The van der Waals surface area contributed by atoms with Gasteiger partial charge in [-0.15, -0.1) is 6.42 Å². The van der Waals surface area contributed by atoms with E-state index >= 15 is 0 Å². The Morgan fingerprint density at radius 1 is 1.14 bits per heavy atom. The van der Waals surface area contributed by atoms with E-state index in [1.54, 1.807) is 22.8 Å². The molecule has 1 fully saturated rings. The third kappa shape index (κ3) is 3.48. The van der Waals surface area contributed by atoms with Gasteiger partial charge in [0.15, 0.2) is 4.80 Å². The molecule has 0 unspecified atom stereocenters. The van der Waals surface area contributed by atoms with E-state index in [4.69, 9.17) is 6.42 Å². The minimum atomic E-state index is -0.506. The molecule has 1 aliphatic heterocycles. The fourth-order valence-electron chi connectivity index (χ4n) is 3.15. The zero-order chi connectivity index (χ0) is 20.5. The highest BCUT2D eigenvalue weighted by atomic mass is 32.1. The molecular formula is C21H14FN3O3S. The standard InChI is InChI=1S/C21H14FN3O3S/c1-2-11-24-16-8-5-14(22)12-17(16)29-21(24)23-20(28)13-3-6-15(7-4-13)25-18(26)9-10-19(25)27/h1,3-8,12H,9-11H2. The largest absolute Gasteiger partial charge is 0.305 e. The Kier molecular flexibility index (Phi) is 4.82. The number of fused-ring (bicyclic) bond motifs is 1. The number of halogens is 1. The van der Waals surface area contributed by atoms with Crippen LogP contribution >= 0.6 is 11.3 Å². The summed E-state index contributed by atoms with van der Waals surface area (Å²) in [4.78, 5) is 41.9. The SMILES string of the molecule is C#CCn1c(=NC(=O)c2ccc(N3C(=O)CCC3=O)cc2)sc2cc(F)ccc21. The number of rotatable bonds is 3. The second kappa shape index (κ2) is 7.45. The fraction of sp³-hybridized carbons (Fsp3) is 0.143. The third-order valence-electron chi connectivity index (χ3n) is 4.52. The Hall–Kier alpha value is -3.57. The van der Waals surface area contributed by atoms with Crippen molar-refractivity contribution >= 4 is 45.0 Å². The maximum Gasteiger partial charge on any atom is 0.279 e. The zero-order valence-electron chi connectivity index (χ0n) is 15.1. The van der Waals surface area contributed by atoms with Crippen molar-refractivity contribution in [2.45, 2.75) is 19.4 Å². The first-order valence-electron chi connectivity index (χ1n) is 8.75. The van der Waals surface area contributed by atoms with Crippen molar-refractivity contribution in [2.24, 2.45) is 4.99 Å². The zero-order valence-corrected chi connectivity index (χ0v) is 15.9. The molecule has 4 rings (SSSR count). The summed E-state index contributed by atoms with van der Waals surface area (Å²) in [6.07, 6.45) is 5.81. The van der Waals surface area contributed by atoms with Gasteiger partial charge < -0.3 is 4.57 Å². The highest BCUT2D eigenvalue weighted by molar-refractivity contribution is 7.16. The summed E-state index contributed by atoms with van der Waals surface area (Å²) >= 11 is 1.17. The van der Waals surface area contributed by atoms with Crippen molar-refractivity contribution in [1.82, 2.24) is 4.57 Å². The molecule has 2 heterocycles. The molecule has 144 valence electrons. The first-order valence-corrected chi connectivity index (χ1v) is 9.57. The number of imide groups is 1. The van der Waals surface area contributed by atoms with Gasteiger partial charge in [0.25, 0.3) is 5.91 Å². The van der Waals surface area contributed by atoms with E-state index in [0.29, 0.717) is 26.3 Å². The van der Waals surface area contributed by atoms with Crippen LogP contribution in [0, 0.1) is 18.2 Å². The van der Waals surface area contributed by atoms with Crippen molar-refractivity contribution in [3.63, 3.8) is 0 Å². The van der Waals surface area contributed by atoms with E-state index in [1.165, 1.54) is 35.6 Å². The lowest BCUT2D eigenvalue weighted by Gasteiger charge is -2.13. The Labute approximate surface area is 168 Å². The van der Waals surface area contributed by atoms with E-state index < -0.39 is 5.91 Å². The number of carbonyl (C=O) groups excluding carboxylic acids is 3. The van der Waals surface area contributed by atoms with Gasteiger partial charge in [-0.3, -0.25) is 19.3 Å². The molecule has 1 aliphatic rings. The molecule has 1 aromatic heterocycles. The van der Waals surface area contributed by atoms with Gasteiger partial charge in [-0.1, -0.05) is 17.3 Å². The Morgan fingerprint density at radius 3 is 2.48 bits per heavy atom. The van der Waals surface area contributed by atoms with Crippen LogP contribution in [-0.2, 0) is 16.1 Å². The summed E-state index contributed by atoms with van der Waals surface area (Å²) < 4.78 is 15.8. The molecule has 1 saturated heterocycles. The van der Waals surface area contributed by atoms with E-state index in [1.807, 2.05) is 0 Å². The molecule has 6 nitrogen and oxygen atoms in total. The molecule has 0 bridgehead atoms. The van der Waals surface area contributed by atoms with Gasteiger partial charge >= 0.3 is 0 Å². The maximum absolute atomic E-state index is 13.5. The minimum absolute atomic E-state index is 0.190. The second-order valence-electron chi connectivity index (χ2n) is 6.37. The van der Waals surface area contributed by atoms with E-state index in [2.05, 4.69) is 10.9 Å². The van der Waals surface area contributed by atoms with E-state index in [0.717, 1.165) is 4.90 Å². The molecule has 0 atom stereocenters. The normalized spacial score (nSPS) is 14.6. The van der Waals surface area contributed by atoms with Gasteiger partial charge in [0.05, 0.1) is 22.4 Å². The number of nitrogens with zero attached hydrogens (tertiary/aromatic N) is 3. The van der Waals surface area contributed by atoms with Crippen molar-refractivity contribution in [2.75, 3.05) is 4.90 Å². The lowest BCUT2D eigenvalue weighted by molar-refractivity contribution is -0.121. The lowest BCUT2D eigenvalue weighted by Crippen LogP contribution is -2.28. The average Bonchev–Trinajstić information content (AvgIpc) is 3.21. The number of terminal acetylenes is 1. The minimum Gasteiger partial charge on any atom is -0.305 e. The summed E-state index contributed by atoms with van der Waals surface area (Å²) in [5.41, 5.74) is 1.42. The van der Waals surface area contributed by atoms with Gasteiger partial charge in [0.1, 0.15) is 5.82 Å². The van der Waals surface area contributed by atoms with Crippen molar-refractivity contribution in [3.8, 4) is 12.3 Å². The summed E-state index contributed by atoms with van der Waals surface area (Å²) in [5.74, 6) is 1.11. The number of benzene rings is 2. The van der Waals surface area contributed by atoms with Gasteiger partial charge in [-0.25, -0.2) is 4.39 Å². The fourth-order valence-corrected chi connectivity index (χ4v) is 4.20. The van der Waals surface area contributed by atoms with Crippen LogP contribution in [0.3, 0.4) is 0 Å². The van der Waals surface area contributed by atoms with E-state index in [9.17, 15) is 18.8 Å². The average molecular weight is 407 g/mol. The first-order chi connectivity index (χ1) is 14.0. The van der Waals surface area contributed by atoms with Gasteiger partial charge in [0.2, 0.25) is 11.8 Å². The number of aromatic nitrogens is 1. The van der Waals surface area contributed by atoms with Crippen LogP contribution in [0.1, 0.15) is 23.2 Å². The van der Waals surface area contributed by atoms with Crippen LogP contribution in [0.25, 0.3) is 10.2 Å². The Bertz CT molecular complexity index is 1250. The molecule has 29 heavy (non-hydrogen) atoms. The van der Waals surface area contributed by atoms with Crippen LogP contribution in [0.2, 0.25) is 0 Å². The molecule has 0 aliphatic carbocycles. The number of hydrogen-bond acceptors (Lipinski definition) is 4.